The van der Waals surface area contributed by atoms with E-state index in [1.54, 1.807) is 23.3 Å². The van der Waals surface area contributed by atoms with Gasteiger partial charge < -0.3 is 4.42 Å². The summed E-state index contributed by atoms with van der Waals surface area (Å²) in [5.74, 6) is 0.673. The third-order valence-electron chi connectivity index (χ3n) is 4.21. The van der Waals surface area contributed by atoms with Gasteiger partial charge in [0.25, 0.3) is 0 Å². The van der Waals surface area contributed by atoms with E-state index in [1.165, 1.54) is 18.0 Å². The number of rotatable bonds is 4. The Bertz CT molecular complexity index is 990. The molecule has 0 bridgehead atoms. The van der Waals surface area contributed by atoms with E-state index in [4.69, 9.17) is 4.42 Å². The lowest BCUT2D eigenvalue weighted by molar-refractivity contribution is -0.126. The van der Waals surface area contributed by atoms with E-state index in [0.29, 0.717) is 17.5 Å². The van der Waals surface area contributed by atoms with Crippen molar-refractivity contribution in [1.82, 2.24) is 4.90 Å². The number of benzene rings is 2. The number of carbonyl (C=O) groups excluding carboxylic acids is 1. The first-order valence-corrected chi connectivity index (χ1v) is 9.19. The number of hydrogen-bond acceptors (Lipinski definition) is 5. The van der Waals surface area contributed by atoms with Crippen LogP contribution in [0.25, 0.3) is 10.8 Å². The van der Waals surface area contributed by atoms with Gasteiger partial charge in [0.2, 0.25) is 5.91 Å². The summed E-state index contributed by atoms with van der Waals surface area (Å²) in [7, 11) is 0. The Labute approximate surface area is 155 Å². The van der Waals surface area contributed by atoms with Gasteiger partial charge in [0.15, 0.2) is 5.17 Å². The number of fused-ring (bicyclic) bond motifs is 1. The van der Waals surface area contributed by atoms with Crippen molar-refractivity contribution in [3.8, 4) is 0 Å². The highest BCUT2D eigenvalue weighted by molar-refractivity contribution is 8.15. The van der Waals surface area contributed by atoms with E-state index in [0.717, 1.165) is 16.3 Å². The van der Waals surface area contributed by atoms with Gasteiger partial charge in [0.05, 0.1) is 24.3 Å². The second kappa shape index (κ2) is 7.17. The number of nitrogens with zero attached hydrogens (tertiary/aromatic N) is 3. The Morgan fingerprint density at radius 3 is 2.85 bits per heavy atom. The van der Waals surface area contributed by atoms with Crippen molar-refractivity contribution in [3.63, 3.8) is 0 Å². The number of furan rings is 1. The SMILES string of the molecule is CC1SC(=NN=Cc2ccco2)N(Cc2cccc3ccccc23)C1=O. The van der Waals surface area contributed by atoms with Gasteiger partial charge in [0, 0.05) is 0 Å². The van der Waals surface area contributed by atoms with Gasteiger partial charge in [-0.2, -0.15) is 5.10 Å². The predicted octanol–water partition coefficient (Wildman–Crippen LogP) is 4.29. The predicted molar refractivity (Wildman–Crippen MR) is 105 cm³/mol. The minimum atomic E-state index is -0.164. The van der Waals surface area contributed by atoms with Crippen LogP contribution in [0.2, 0.25) is 0 Å². The van der Waals surface area contributed by atoms with Crippen LogP contribution in [0, 0.1) is 0 Å². The molecule has 0 radical (unpaired) electrons. The summed E-state index contributed by atoms with van der Waals surface area (Å²) in [6.07, 6.45) is 3.12. The van der Waals surface area contributed by atoms with Crippen molar-refractivity contribution >= 4 is 39.8 Å². The van der Waals surface area contributed by atoms with Crippen LogP contribution < -0.4 is 0 Å². The van der Waals surface area contributed by atoms with Crippen LogP contribution in [0.3, 0.4) is 0 Å². The van der Waals surface area contributed by atoms with E-state index in [1.807, 2.05) is 31.2 Å². The summed E-state index contributed by atoms with van der Waals surface area (Å²) in [5, 5.41) is 11.1. The fourth-order valence-corrected chi connectivity index (χ4v) is 3.83. The molecule has 1 aliphatic rings. The summed E-state index contributed by atoms with van der Waals surface area (Å²) in [4.78, 5) is 14.3. The van der Waals surface area contributed by atoms with Crippen molar-refractivity contribution in [2.24, 2.45) is 10.2 Å². The molecule has 3 aromatic rings. The van der Waals surface area contributed by atoms with Crippen molar-refractivity contribution in [1.29, 1.82) is 0 Å². The van der Waals surface area contributed by atoms with Crippen LogP contribution in [-0.2, 0) is 11.3 Å². The zero-order valence-corrected chi connectivity index (χ0v) is 15.0. The lowest BCUT2D eigenvalue weighted by atomic mass is 10.0. The summed E-state index contributed by atoms with van der Waals surface area (Å²) in [5.41, 5.74) is 1.09. The molecule has 1 aliphatic heterocycles. The van der Waals surface area contributed by atoms with E-state index in [9.17, 15) is 4.79 Å². The third kappa shape index (κ3) is 3.28. The molecule has 1 amide bonds. The van der Waals surface area contributed by atoms with E-state index in [2.05, 4.69) is 28.4 Å². The molecular formula is C20H17N3O2S. The maximum absolute atomic E-state index is 12.6. The molecule has 6 heteroatoms. The number of carbonyl (C=O) groups is 1. The third-order valence-corrected chi connectivity index (χ3v) is 5.27. The number of amides is 1. The van der Waals surface area contributed by atoms with Gasteiger partial charge in [-0.1, -0.05) is 54.2 Å². The van der Waals surface area contributed by atoms with Crippen molar-refractivity contribution in [3.05, 3.63) is 72.2 Å². The Hall–Kier alpha value is -2.86. The average molecular weight is 363 g/mol. The zero-order chi connectivity index (χ0) is 17.9. The second-order valence-electron chi connectivity index (χ2n) is 5.97. The summed E-state index contributed by atoms with van der Waals surface area (Å²) < 4.78 is 5.21. The van der Waals surface area contributed by atoms with Crippen LogP contribution in [0.15, 0.2) is 75.5 Å². The first-order chi connectivity index (χ1) is 12.7. The van der Waals surface area contributed by atoms with Gasteiger partial charge in [-0.25, -0.2) is 0 Å². The van der Waals surface area contributed by atoms with Crippen molar-refractivity contribution in [2.45, 2.75) is 18.7 Å². The molecule has 5 nitrogen and oxygen atoms in total. The van der Waals surface area contributed by atoms with Crippen LogP contribution in [-0.4, -0.2) is 27.4 Å². The Balaban J connectivity index is 1.63. The smallest absolute Gasteiger partial charge is 0.242 e. The lowest BCUT2D eigenvalue weighted by Crippen LogP contribution is -2.30. The molecule has 2 heterocycles. The molecule has 0 N–H and O–H groups in total. The van der Waals surface area contributed by atoms with Crippen LogP contribution in [0.1, 0.15) is 18.2 Å². The minimum Gasteiger partial charge on any atom is -0.463 e. The molecule has 1 fully saturated rings. The fraction of sp³-hybridized carbons (Fsp3) is 0.150. The zero-order valence-electron chi connectivity index (χ0n) is 14.2. The van der Waals surface area contributed by atoms with E-state index < -0.39 is 0 Å². The van der Waals surface area contributed by atoms with Gasteiger partial charge >= 0.3 is 0 Å². The highest BCUT2D eigenvalue weighted by atomic mass is 32.2. The fourth-order valence-electron chi connectivity index (χ4n) is 2.91. The maximum atomic E-state index is 12.6. The Kier molecular flexibility index (Phi) is 4.58. The maximum Gasteiger partial charge on any atom is 0.242 e. The summed E-state index contributed by atoms with van der Waals surface area (Å²) in [6.45, 7) is 2.37. The van der Waals surface area contributed by atoms with Crippen LogP contribution in [0.4, 0.5) is 0 Å². The van der Waals surface area contributed by atoms with Crippen LogP contribution in [0.5, 0.6) is 0 Å². The molecule has 0 spiro atoms. The Morgan fingerprint density at radius 1 is 1.15 bits per heavy atom. The molecule has 1 saturated heterocycles. The molecular weight excluding hydrogens is 346 g/mol. The molecule has 1 unspecified atom stereocenters. The Morgan fingerprint density at radius 2 is 2.00 bits per heavy atom. The van der Waals surface area contributed by atoms with E-state index >= 15 is 0 Å². The standard InChI is InChI=1S/C20H17N3O2S/c1-14-19(24)23(20(26-14)22-21-12-17-9-5-11-25-17)13-16-8-4-7-15-6-2-3-10-18(15)16/h2-12,14H,13H2,1H3. The monoisotopic (exact) mass is 363 g/mol. The number of amidine groups is 1. The van der Waals surface area contributed by atoms with E-state index in [-0.39, 0.29) is 11.2 Å². The van der Waals surface area contributed by atoms with Gasteiger partial charge in [-0.15, -0.1) is 5.10 Å². The van der Waals surface area contributed by atoms with Crippen molar-refractivity contribution < 1.29 is 9.21 Å². The van der Waals surface area contributed by atoms with Gasteiger partial charge in [-0.3, -0.25) is 9.69 Å². The van der Waals surface area contributed by atoms with Crippen molar-refractivity contribution in [2.75, 3.05) is 0 Å². The quantitative estimate of drug-likeness (QED) is 0.513. The minimum absolute atomic E-state index is 0.0508. The second-order valence-corrected chi connectivity index (χ2v) is 7.27. The number of thioether (sulfide) groups is 1. The normalized spacial score (nSPS) is 19.3. The van der Waals surface area contributed by atoms with Gasteiger partial charge in [0.1, 0.15) is 5.76 Å². The largest absolute Gasteiger partial charge is 0.463 e. The first kappa shape index (κ1) is 16.6. The average Bonchev–Trinajstić information content (AvgIpc) is 3.26. The summed E-state index contributed by atoms with van der Waals surface area (Å²) in [6, 6.07) is 17.9. The molecule has 0 aliphatic carbocycles. The molecule has 2 aromatic carbocycles. The molecule has 26 heavy (non-hydrogen) atoms. The number of hydrogen-bond donors (Lipinski definition) is 0. The molecule has 1 atom stereocenters. The topological polar surface area (TPSA) is 58.2 Å². The molecule has 1 aromatic heterocycles. The van der Waals surface area contributed by atoms with Crippen LogP contribution >= 0.6 is 11.8 Å². The summed E-state index contributed by atoms with van der Waals surface area (Å²) >= 11 is 1.43. The first-order valence-electron chi connectivity index (χ1n) is 8.31. The molecule has 0 saturated carbocycles. The lowest BCUT2D eigenvalue weighted by Gasteiger charge is -2.17. The van der Waals surface area contributed by atoms with Gasteiger partial charge in [-0.05, 0) is 35.4 Å². The molecule has 130 valence electrons. The highest BCUT2D eigenvalue weighted by Gasteiger charge is 2.35. The molecule has 4 rings (SSSR count). The highest BCUT2D eigenvalue weighted by Crippen LogP contribution is 2.30.